The van der Waals surface area contributed by atoms with E-state index in [2.05, 4.69) is 206 Å². The molecule has 0 aliphatic heterocycles. The maximum absolute atomic E-state index is 14.8. The fraction of sp³-hybridized carbons (Fsp3) is 0.0690. The Morgan fingerprint density at radius 2 is 0.571 bits per heavy atom. The molecule has 0 N–H and O–H groups in total. The van der Waals surface area contributed by atoms with Crippen LogP contribution < -0.4 is 14.7 Å². The van der Waals surface area contributed by atoms with Crippen molar-refractivity contribution in [1.82, 2.24) is 0 Å². The fourth-order valence-corrected chi connectivity index (χ4v) is 8.21. The van der Waals surface area contributed by atoms with Gasteiger partial charge < -0.3 is 14.7 Å². The molecule has 0 amide bonds. The average Bonchev–Trinajstić information content (AvgIpc) is 3.30. The van der Waals surface area contributed by atoms with Crippen LogP contribution in [0.4, 0.5) is 60.0 Å². The summed E-state index contributed by atoms with van der Waals surface area (Å²) in [6.07, 6.45) is 0. The lowest BCUT2D eigenvalue weighted by molar-refractivity contribution is 0.627. The molecule has 9 aromatic rings. The second-order valence-corrected chi connectivity index (χ2v) is 16.1. The van der Waals surface area contributed by atoms with Gasteiger partial charge in [0.05, 0.1) is 0 Å². The highest BCUT2D eigenvalue weighted by atomic mass is 19.1. The second kappa shape index (κ2) is 17.7. The molecule has 0 spiro atoms. The number of nitrogens with zero attached hydrogens (tertiary/aromatic N) is 3. The van der Waals surface area contributed by atoms with Crippen LogP contribution in [0.3, 0.4) is 0 Å². The summed E-state index contributed by atoms with van der Waals surface area (Å²) in [6.45, 7) is 8.46. The summed E-state index contributed by atoms with van der Waals surface area (Å²) in [6, 6.07) is 70.6. The zero-order valence-electron chi connectivity index (χ0n) is 35.8. The van der Waals surface area contributed by atoms with Gasteiger partial charge in [0.25, 0.3) is 0 Å². The maximum Gasteiger partial charge on any atom is 0.125 e. The molecule has 5 heteroatoms. The van der Waals surface area contributed by atoms with Crippen LogP contribution in [0, 0.1) is 39.3 Å². The number of aryl methyl sites for hydroxylation is 4. The van der Waals surface area contributed by atoms with Gasteiger partial charge >= 0.3 is 0 Å². The molecule has 0 bridgehead atoms. The summed E-state index contributed by atoms with van der Waals surface area (Å²) < 4.78 is 29.2. The van der Waals surface area contributed by atoms with Gasteiger partial charge in [0.15, 0.2) is 0 Å². The Hall–Kier alpha value is -7.76. The van der Waals surface area contributed by atoms with Gasteiger partial charge in [-0.3, -0.25) is 0 Å². The van der Waals surface area contributed by atoms with E-state index in [0.29, 0.717) is 0 Å². The third-order valence-corrected chi connectivity index (χ3v) is 11.5. The van der Waals surface area contributed by atoms with Crippen LogP contribution in [-0.4, -0.2) is 0 Å². The minimum atomic E-state index is -0.302. The Labute approximate surface area is 369 Å². The van der Waals surface area contributed by atoms with Crippen molar-refractivity contribution >= 4 is 51.2 Å². The minimum Gasteiger partial charge on any atom is -0.310 e. The molecular formula is C58H47F2N3. The van der Waals surface area contributed by atoms with Crippen molar-refractivity contribution in [3.8, 4) is 22.3 Å². The molecule has 0 aliphatic rings. The number of rotatable bonds is 11. The number of anilines is 9. The summed E-state index contributed by atoms with van der Waals surface area (Å²) in [5.41, 5.74) is 17.6. The molecule has 0 aromatic heterocycles. The van der Waals surface area contributed by atoms with E-state index in [4.69, 9.17) is 0 Å². The Morgan fingerprint density at radius 3 is 0.889 bits per heavy atom. The first kappa shape index (κ1) is 40.6. The van der Waals surface area contributed by atoms with Gasteiger partial charge in [0.2, 0.25) is 0 Å². The van der Waals surface area contributed by atoms with E-state index < -0.39 is 0 Å². The normalized spacial score (nSPS) is 11.0. The lowest BCUT2D eigenvalue weighted by Gasteiger charge is -2.27. The first-order valence-electron chi connectivity index (χ1n) is 21.2. The standard InChI is InChI=1S/C58H47F2N3/c1-40-11-24-50(25-12-40)61(56-9-5-7-48(59)38-56)51-28-16-44(17-29-51)45-18-30-52(31-19-45)62(57-10-6-8-49(60)39-57)53-32-20-46(21-33-53)47-22-34-55(35-23-47)63(54-26-13-41(2)14-27-54)58-36-15-42(3)37-43(58)4/h5-39H,1-4H3. The zero-order valence-corrected chi connectivity index (χ0v) is 35.8. The molecule has 63 heavy (non-hydrogen) atoms. The average molecular weight is 824 g/mol. The van der Waals surface area contributed by atoms with Crippen molar-refractivity contribution in [3.05, 3.63) is 246 Å². The van der Waals surface area contributed by atoms with E-state index >= 15 is 0 Å². The van der Waals surface area contributed by atoms with Crippen molar-refractivity contribution < 1.29 is 8.78 Å². The van der Waals surface area contributed by atoms with Crippen LogP contribution in [0.2, 0.25) is 0 Å². The monoisotopic (exact) mass is 823 g/mol. The first-order valence-corrected chi connectivity index (χ1v) is 21.2. The van der Waals surface area contributed by atoms with E-state index in [-0.39, 0.29) is 11.6 Å². The largest absolute Gasteiger partial charge is 0.310 e. The summed E-state index contributed by atoms with van der Waals surface area (Å²) >= 11 is 0. The Kier molecular flexibility index (Phi) is 11.4. The number of hydrogen-bond acceptors (Lipinski definition) is 3. The van der Waals surface area contributed by atoms with E-state index in [0.717, 1.165) is 79.0 Å². The lowest BCUT2D eigenvalue weighted by atomic mass is 10.0. The van der Waals surface area contributed by atoms with Crippen LogP contribution in [0.15, 0.2) is 212 Å². The second-order valence-electron chi connectivity index (χ2n) is 16.1. The highest BCUT2D eigenvalue weighted by Crippen LogP contribution is 2.41. The maximum atomic E-state index is 14.8. The molecule has 0 aliphatic carbocycles. The predicted molar refractivity (Wildman–Crippen MR) is 260 cm³/mol. The molecule has 0 saturated carbocycles. The highest BCUT2D eigenvalue weighted by molar-refractivity contribution is 5.83. The fourth-order valence-electron chi connectivity index (χ4n) is 8.21. The molecule has 0 saturated heterocycles. The van der Waals surface area contributed by atoms with Crippen molar-refractivity contribution in [2.45, 2.75) is 27.7 Å². The summed E-state index contributed by atoms with van der Waals surface area (Å²) in [4.78, 5) is 6.44. The molecule has 9 aromatic carbocycles. The third-order valence-electron chi connectivity index (χ3n) is 11.5. The van der Waals surface area contributed by atoms with Gasteiger partial charge in [-0.1, -0.05) is 114 Å². The van der Waals surface area contributed by atoms with Crippen LogP contribution in [0.1, 0.15) is 22.3 Å². The molecule has 0 radical (unpaired) electrons. The van der Waals surface area contributed by atoms with E-state index in [1.807, 2.05) is 12.1 Å². The van der Waals surface area contributed by atoms with E-state index in [9.17, 15) is 8.78 Å². The van der Waals surface area contributed by atoms with Crippen molar-refractivity contribution in [2.24, 2.45) is 0 Å². The highest BCUT2D eigenvalue weighted by Gasteiger charge is 2.18. The number of benzene rings is 9. The Bertz CT molecular complexity index is 2980. The first-order chi connectivity index (χ1) is 30.7. The minimum absolute atomic E-state index is 0.287. The van der Waals surface area contributed by atoms with Gasteiger partial charge in [0, 0.05) is 51.2 Å². The van der Waals surface area contributed by atoms with Crippen LogP contribution in [0.5, 0.6) is 0 Å². The topological polar surface area (TPSA) is 9.72 Å². The Balaban J connectivity index is 0.988. The van der Waals surface area contributed by atoms with Gasteiger partial charge in [0.1, 0.15) is 11.6 Å². The van der Waals surface area contributed by atoms with Gasteiger partial charge in [-0.25, -0.2) is 8.78 Å². The molecule has 9 rings (SSSR count). The van der Waals surface area contributed by atoms with Crippen molar-refractivity contribution in [2.75, 3.05) is 14.7 Å². The number of halogens is 2. The van der Waals surface area contributed by atoms with Gasteiger partial charge in [-0.15, -0.1) is 0 Å². The third kappa shape index (κ3) is 8.86. The molecule has 3 nitrogen and oxygen atoms in total. The van der Waals surface area contributed by atoms with Crippen LogP contribution in [-0.2, 0) is 0 Å². The molecule has 0 atom stereocenters. The summed E-state index contributed by atoms with van der Waals surface area (Å²) in [5.74, 6) is -0.588. The smallest absolute Gasteiger partial charge is 0.125 e. The number of hydrogen-bond donors (Lipinski definition) is 0. The molecule has 308 valence electrons. The SMILES string of the molecule is Cc1ccc(N(c2ccc(-c3ccc(N(c4ccc(-c5ccc(N(c6ccc(C)cc6)c6ccc(C)cc6C)cc5)cc4)c4cccc(F)c4)cc3)cc2)c2cccc(F)c2)cc1. The molecule has 0 unspecified atom stereocenters. The summed E-state index contributed by atoms with van der Waals surface area (Å²) in [5, 5.41) is 0. The van der Waals surface area contributed by atoms with Crippen molar-refractivity contribution in [3.63, 3.8) is 0 Å². The zero-order chi connectivity index (χ0) is 43.5. The van der Waals surface area contributed by atoms with Crippen LogP contribution >= 0.6 is 0 Å². The van der Waals surface area contributed by atoms with Gasteiger partial charge in [-0.2, -0.15) is 0 Å². The predicted octanol–water partition coefficient (Wildman–Crippen LogP) is 16.9. The molecule has 0 heterocycles. The Morgan fingerprint density at radius 1 is 0.270 bits per heavy atom. The van der Waals surface area contributed by atoms with Crippen LogP contribution in [0.25, 0.3) is 22.3 Å². The molecule has 0 fully saturated rings. The quantitative estimate of drug-likeness (QED) is 0.129. The van der Waals surface area contributed by atoms with Crippen molar-refractivity contribution in [1.29, 1.82) is 0 Å². The molecular weight excluding hydrogens is 777 g/mol. The summed E-state index contributed by atoms with van der Waals surface area (Å²) in [7, 11) is 0. The van der Waals surface area contributed by atoms with E-state index in [1.165, 1.54) is 28.8 Å². The lowest BCUT2D eigenvalue weighted by Crippen LogP contribution is -2.11. The van der Waals surface area contributed by atoms with Gasteiger partial charge in [-0.05, 0) is 171 Å². The van der Waals surface area contributed by atoms with E-state index in [1.54, 1.807) is 24.3 Å².